The zero-order chi connectivity index (χ0) is 12.1. The third-order valence-corrected chi connectivity index (χ3v) is 2.51. The largest absolute Gasteiger partial charge is 0.329 e. The molecule has 1 aromatic heterocycles. The zero-order valence-electron chi connectivity index (χ0n) is 9.87. The number of hydrogen-bond acceptors (Lipinski definition) is 4. The number of benzene rings is 1. The maximum absolute atomic E-state index is 5.53. The van der Waals surface area contributed by atoms with Crippen LogP contribution in [0.15, 0.2) is 36.5 Å². The van der Waals surface area contributed by atoms with Crippen molar-refractivity contribution in [1.29, 1.82) is 0 Å². The number of hydrogen-bond donors (Lipinski definition) is 2. The number of nitrogens with one attached hydrogen (secondary N) is 1. The lowest BCUT2D eigenvalue weighted by Gasteiger charge is -2.08. The minimum Gasteiger partial charge on any atom is -0.329 e. The van der Waals surface area contributed by atoms with Gasteiger partial charge in [0.2, 0.25) is 0 Å². The van der Waals surface area contributed by atoms with Crippen LogP contribution in [0, 0.1) is 0 Å². The van der Waals surface area contributed by atoms with E-state index in [1.165, 1.54) is 0 Å². The molecule has 2 aromatic rings. The first-order chi connectivity index (χ1) is 8.29. The molecule has 3 N–H and O–H groups in total. The zero-order valence-corrected chi connectivity index (χ0v) is 9.87. The maximum Gasteiger partial charge on any atom is 0.0969 e. The Kier molecular flexibility index (Phi) is 3.85. The van der Waals surface area contributed by atoms with Crippen molar-refractivity contribution >= 4 is 0 Å². The number of nitrogens with two attached hydrogens (primary N) is 1. The first kappa shape index (κ1) is 11.8. The standard InChI is InChI=1S/C12H17N5/c1-10(7-13)14-8-11-9-15-17(16-11)12-5-3-2-4-6-12/h2-6,9-10,14H,7-8,13H2,1H3/t10-/m0/s1. The molecule has 0 aliphatic heterocycles. The highest BCUT2D eigenvalue weighted by Gasteiger charge is 2.03. The van der Waals surface area contributed by atoms with Gasteiger partial charge in [0.05, 0.1) is 17.6 Å². The Hall–Kier alpha value is -1.72. The highest BCUT2D eigenvalue weighted by Crippen LogP contribution is 2.04. The molecule has 1 aromatic carbocycles. The summed E-state index contributed by atoms with van der Waals surface area (Å²) in [5.41, 5.74) is 7.40. The normalized spacial score (nSPS) is 12.6. The molecule has 90 valence electrons. The van der Waals surface area contributed by atoms with Crippen LogP contribution in [-0.4, -0.2) is 27.6 Å². The highest BCUT2D eigenvalue weighted by atomic mass is 15.5. The van der Waals surface area contributed by atoms with E-state index in [4.69, 9.17) is 5.73 Å². The first-order valence-corrected chi connectivity index (χ1v) is 5.69. The molecule has 2 rings (SSSR count). The molecule has 17 heavy (non-hydrogen) atoms. The summed E-state index contributed by atoms with van der Waals surface area (Å²) in [7, 11) is 0. The number of para-hydroxylation sites is 1. The number of rotatable bonds is 5. The van der Waals surface area contributed by atoms with Crippen molar-refractivity contribution in [3.8, 4) is 5.69 Å². The molecule has 0 saturated carbocycles. The highest BCUT2D eigenvalue weighted by molar-refractivity contribution is 5.28. The summed E-state index contributed by atoms with van der Waals surface area (Å²) in [5.74, 6) is 0. The summed E-state index contributed by atoms with van der Waals surface area (Å²) in [4.78, 5) is 1.63. The van der Waals surface area contributed by atoms with Crippen molar-refractivity contribution in [3.63, 3.8) is 0 Å². The fraction of sp³-hybridized carbons (Fsp3) is 0.333. The Morgan fingerprint density at radius 2 is 2.12 bits per heavy atom. The van der Waals surface area contributed by atoms with E-state index in [2.05, 4.69) is 15.5 Å². The second-order valence-corrected chi connectivity index (χ2v) is 3.98. The van der Waals surface area contributed by atoms with E-state index in [1.807, 2.05) is 37.3 Å². The van der Waals surface area contributed by atoms with Crippen LogP contribution in [0.1, 0.15) is 12.6 Å². The van der Waals surface area contributed by atoms with E-state index in [-0.39, 0.29) is 6.04 Å². The average molecular weight is 231 g/mol. The van der Waals surface area contributed by atoms with Gasteiger partial charge in [0.15, 0.2) is 0 Å². The molecule has 0 aliphatic rings. The van der Waals surface area contributed by atoms with E-state index >= 15 is 0 Å². The lowest BCUT2D eigenvalue weighted by atomic mass is 10.3. The Balaban J connectivity index is 2.01. The SMILES string of the molecule is C[C@@H](CN)NCc1cnn(-c2ccccc2)n1. The predicted octanol–water partition coefficient (Wildman–Crippen LogP) is 0.704. The monoisotopic (exact) mass is 231 g/mol. The summed E-state index contributed by atoms with van der Waals surface area (Å²) in [6, 6.07) is 10.1. The van der Waals surface area contributed by atoms with Gasteiger partial charge in [-0.15, -0.1) is 0 Å². The second kappa shape index (κ2) is 5.56. The molecule has 0 spiro atoms. The van der Waals surface area contributed by atoms with E-state index in [0.29, 0.717) is 13.1 Å². The van der Waals surface area contributed by atoms with Crippen molar-refractivity contribution < 1.29 is 0 Å². The van der Waals surface area contributed by atoms with Gasteiger partial charge in [-0.05, 0) is 19.1 Å². The summed E-state index contributed by atoms with van der Waals surface area (Å²) >= 11 is 0. The van der Waals surface area contributed by atoms with Gasteiger partial charge in [0.1, 0.15) is 0 Å². The van der Waals surface area contributed by atoms with Crippen molar-refractivity contribution in [2.24, 2.45) is 5.73 Å². The van der Waals surface area contributed by atoms with Gasteiger partial charge in [-0.1, -0.05) is 18.2 Å². The Morgan fingerprint density at radius 3 is 2.82 bits per heavy atom. The molecule has 0 saturated heterocycles. The van der Waals surface area contributed by atoms with Gasteiger partial charge in [0.25, 0.3) is 0 Å². The lowest BCUT2D eigenvalue weighted by Crippen LogP contribution is -2.32. The van der Waals surface area contributed by atoms with Gasteiger partial charge in [-0.3, -0.25) is 0 Å². The molecular formula is C12H17N5. The van der Waals surface area contributed by atoms with Crippen LogP contribution >= 0.6 is 0 Å². The van der Waals surface area contributed by atoms with Crippen LogP contribution in [0.3, 0.4) is 0 Å². The molecule has 5 nitrogen and oxygen atoms in total. The van der Waals surface area contributed by atoms with Gasteiger partial charge >= 0.3 is 0 Å². The minimum atomic E-state index is 0.289. The summed E-state index contributed by atoms with van der Waals surface area (Å²) in [6.07, 6.45) is 1.77. The van der Waals surface area contributed by atoms with Crippen LogP contribution in [0.2, 0.25) is 0 Å². The Morgan fingerprint density at radius 1 is 1.35 bits per heavy atom. The topological polar surface area (TPSA) is 68.8 Å². The quantitative estimate of drug-likeness (QED) is 0.795. The molecule has 5 heteroatoms. The van der Waals surface area contributed by atoms with Gasteiger partial charge in [-0.2, -0.15) is 15.0 Å². The van der Waals surface area contributed by atoms with Gasteiger partial charge < -0.3 is 11.1 Å². The number of aromatic nitrogens is 3. The van der Waals surface area contributed by atoms with E-state index in [1.54, 1.807) is 11.0 Å². The van der Waals surface area contributed by atoms with Crippen LogP contribution in [0.25, 0.3) is 5.69 Å². The summed E-state index contributed by atoms with van der Waals surface area (Å²) in [5, 5.41) is 11.9. The van der Waals surface area contributed by atoms with E-state index in [9.17, 15) is 0 Å². The molecule has 0 amide bonds. The van der Waals surface area contributed by atoms with Crippen LogP contribution < -0.4 is 11.1 Å². The second-order valence-electron chi connectivity index (χ2n) is 3.98. The summed E-state index contributed by atoms with van der Waals surface area (Å²) in [6.45, 7) is 3.35. The maximum atomic E-state index is 5.53. The molecule has 1 atom stereocenters. The van der Waals surface area contributed by atoms with Gasteiger partial charge in [-0.25, -0.2) is 0 Å². The van der Waals surface area contributed by atoms with Crippen molar-refractivity contribution in [2.75, 3.05) is 6.54 Å². The van der Waals surface area contributed by atoms with Crippen molar-refractivity contribution in [3.05, 3.63) is 42.2 Å². The fourth-order valence-corrected chi connectivity index (χ4v) is 1.42. The molecule has 0 radical (unpaired) electrons. The van der Waals surface area contributed by atoms with Crippen molar-refractivity contribution in [2.45, 2.75) is 19.5 Å². The van der Waals surface area contributed by atoms with Gasteiger partial charge in [0, 0.05) is 19.1 Å². The van der Waals surface area contributed by atoms with Crippen LogP contribution in [-0.2, 0) is 6.54 Å². The third-order valence-electron chi connectivity index (χ3n) is 2.51. The average Bonchev–Trinajstić information content (AvgIpc) is 2.86. The van der Waals surface area contributed by atoms with E-state index < -0.39 is 0 Å². The molecule has 0 bridgehead atoms. The lowest BCUT2D eigenvalue weighted by molar-refractivity contribution is 0.548. The van der Waals surface area contributed by atoms with E-state index in [0.717, 1.165) is 11.4 Å². The Labute approximate surface area is 101 Å². The minimum absolute atomic E-state index is 0.289. The van der Waals surface area contributed by atoms with Crippen LogP contribution in [0.4, 0.5) is 0 Å². The van der Waals surface area contributed by atoms with Crippen LogP contribution in [0.5, 0.6) is 0 Å². The molecule has 1 heterocycles. The molecule has 0 aliphatic carbocycles. The number of nitrogens with zero attached hydrogens (tertiary/aromatic N) is 3. The summed E-state index contributed by atoms with van der Waals surface area (Å²) < 4.78 is 0. The smallest absolute Gasteiger partial charge is 0.0969 e. The predicted molar refractivity (Wildman–Crippen MR) is 66.7 cm³/mol. The molecule has 0 unspecified atom stereocenters. The molecule has 0 fully saturated rings. The van der Waals surface area contributed by atoms with Crippen molar-refractivity contribution in [1.82, 2.24) is 20.3 Å². The fourth-order valence-electron chi connectivity index (χ4n) is 1.42. The third kappa shape index (κ3) is 3.12. The molecular weight excluding hydrogens is 214 g/mol. The first-order valence-electron chi connectivity index (χ1n) is 5.69. The Bertz CT molecular complexity index is 451.